The Morgan fingerprint density at radius 2 is 1.78 bits per heavy atom. The van der Waals surface area contributed by atoms with E-state index >= 15 is 0 Å². The van der Waals surface area contributed by atoms with Crippen molar-refractivity contribution in [3.8, 4) is 0 Å². The summed E-state index contributed by atoms with van der Waals surface area (Å²) in [6.07, 6.45) is 0. The van der Waals surface area contributed by atoms with Crippen molar-refractivity contribution < 1.29 is 30.7 Å². The minimum Gasteiger partial charge on any atom is -0.355 e. The van der Waals surface area contributed by atoms with E-state index in [1.807, 2.05) is 0 Å². The van der Waals surface area contributed by atoms with Crippen LogP contribution < -0.4 is 11.1 Å². The molecule has 11 heteroatoms. The van der Waals surface area contributed by atoms with Gasteiger partial charge in [0.25, 0.3) is 20.2 Å². The van der Waals surface area contributed by atoms with Gasteiger partial charge in [0.15, 0.2) is 5.25 Å². The Bertz CT molecular complexity index is 484. The molecule has 0 aromatic heterocycles. The SMILES string of the molecule is CC(CNC(=O)C(CN)S(=O)(=O)O)CS(=O)(=O)O. The summed E-state index contributed by atoms with van der Waals surface area (Å²) in [5.41, 5.74) is 5.03. The average Bonchev–Trinajstić information content (AvgIpc) is 2.10. The third kappa shape index (κ3) is 6.86. The maximum absolute atomic E-state index is 11.3. The molecular weight excluding hydrogens is 288 g/mol. The zero-order valence-electron chi connectivity index (χ0n) is 9.61. The lowest BCUT2D eigenvalue weighted by atomic mass is 10.2. The fourth-order valence-electron chi connectivity index (χ4n) is 1.17. The lowest BCUT2D eigenvalue weighted by molar-refractivity contribution is -0.120. The number of carbonyl (C=O) groups is 1. The van der Waals surface area contributed by atoms with E-state index in [-0.39, 0.29) is 6.54 Å². The molecule has 0 aliphatic rings. The van der Waals surface area contributed by atoms with Gasteiger partial charge in [-0.1, -0.05) is 6.92 Å². The largest absolute Gasteiger partial charge is 0.355 e. The van der Waals surface area contributed by atoms with E-state index in [9.17, 15) is 21.6 Å². The second-order valence-corrected chi connectivity index (χ2v) is 6.93. The van der Waals surface area contributed by atoms with Crippen LogP contribution >= 0.6 is 0 Å². The average molecular weight is 304 g/mol. The Morgan fingerprint density at radius 3 is 2.11 bits per heavy atom. The molecule has 0 saturated carbocycles. The summed E-state index contributed by atoms with van der Waals surface area (Å²) in [7, 11) is -8.77. The molecule has 1 amide bonds. The summed E-state index contributed by atoms with van der Waals surface area (Å²) < 4.78 is 59.8. The lowest BCUT2D eigenvalue weighted by Crippen LogP contribution is -2.45. The minimum atomic E-state index is -4.60. The van der Waals surface area contributed by atoms with Crippen molar-refractivity contribution in [3.63, 3.8) is 0 Å². The van der Waals surface area contributed by atoms with Gasteiger partial charge in [-0.2, -0.15) is 16.8 Å². The molecule has 0 fully saturated rings. The summed E-state index contributed by atoms with van der Waals surface area (Å²) in [5.74, 6) is -2.22. The summed E-state index contributed by atoms with van der Waals surface area (Å²) in [6.45, 7) is 0.654. The van der Waals surface area contributed by atoms with Gasteiger partial charge in [-0.05, 0) is 5.92 Å². The van der Waals surface area contributed by atoms with Gasteiger partial charge in [-0.3, -0.25) is 13.9 Å². The van der Waals surface area contributed by atoms with Crippen LogP contribution in [0.4, 0.5) is 0 Å². The summed E-state index contributed by atoms with van der Waals surface area (Å²) in [5, 5.41) is 0.333. The number of carbonyl (C=O) groups excluding carboxylic acids is 1. The van der Waals surface area contributed by atoms with Crippen LogP contribution in [-0.2, 0) is 25.0 Å². The van der Waals surface area contributed by atoms with Crippen LogP contribution in [-0.4, -0.2) is 55.9 Å². The van der Waals surface area contributed by atoms with Crippen molar-refractivity contribution in [3.05, 3.63) is 0 Å². The molecule has 108 valence electrons. The second-order valence-electron chi connectivity index (χ2n) is 3.84. The maximum Gasteiger partial charge on any atom is 0.278 e. The first-order valence-corrected chi connectivity index (χ1v) is 7.98. The molecule has 0 heterocycles. The van der Waals surface area contributed by atoms with Crippen LogP contribution in [0.15, 0.2) is 0 Å². The van der Waals surface area contributed by atoms with Gasteiger partial charge in [0, 0.05) is 13.1 Å². The van der Waals surface area contributed by atoms with Gasteiger partial charge in [0.05, 0.1) is 5.75 Å². The van der Waals surface area contributed by atoms with E-state index in [2.05, 4.69) is 5.32 Å². The van der Waals surface area contributed by atoms with Crippen molar-refractivity contribution in [2.45, 2.75) is 12.2 Å². The van der Waals surface area contributed by atoms with E-state index in [4.69, 9.17) is 14.8 Å². The topological polar surface area (TPSA) is 164 Å². The quantitative estimate of drug-likeness (QED) is 0.386. The molecule has 0 rings (SSSR count). The van der Waals surface area contributed by atoms with Crippen LogP contribution in [0.1, 0.15) is 6.92 Å². The number of nitrogens with one attached hydrogen (secondary N) is 1. The Kier molecular flexibility index (Phi) is 6.16. The highest BCUT2D eigenvalue weighted by atomic mass is 32.2. The molecule has 0 saturated heterocycles. The van der Waals surface area contributed by atoms with E-state index in [0.29, 0.717) is 0 Å². The first-order valence-electron chi connectivity index (χ1n) is 4.86. The Balaban J connectivity index is 4.43. The molecule has 0 aliphatic carbocycles. The lowest BCUT2D eigenvalue weighted by Gasteiger charge is -2.14. The monoisotopic (exact) mass is 304 g/mol. The van der Waals surface area contributed by atoms with Crippen molar-refractivity contribution in [1.82, 2.24) is 5.32 Å². The Hall–Kier alpha value is -0.750. The molecule has 0 aromatic carbocycles. The Labute approximate surface area is 105 Å². The van der Waals surface area contributed by atoms with E-state index < -0.39 is 49.6 Å². The van der Waals surface area contributed by atoms with E-state index in [0.717, 1.165) is 0 Å². The van der Waals surface area contributed by atoms with Crippen molar-refractivity contribution in [2.24, 2.45) is 11.7 Å². The third-order valence-electron chi connectivity index (χ3n) is 1.99. The summed E-state index contributed by atoms with van der Waals surface area (Å²) in [4.78, 5) is 11.3. The molecule has 0 aliphatic heterocycles. The molecule has 0 radical (unpaired) electrons. The molecule has 0 spiro atoms. The smallest absolute Gasteiger partial charge is 0.278 e. The van der Waals surface area contributed by atoms with Crippen molar-refractivity contribution >= 4 is 26.1 Å². The first-order chi connectivity index (χ1) is 7.97. The second kappa shape index (κ2) is 6.43. The standard InChI is InChI=1S/C7H16N2O7S2/c1-5(4-17(11,12)13)3-9-7(10)6(2-8)18(14,15)16/h5-6H,2-4,8H2,1H3,(H,9,10)(H,11,12,13)(H,14,15,16). The van der Waals surface area contributed by atoms with Gasteiger partial charge in [0.2, 0.25) is 5.91 Å². The molecule has 2 atom stereocenters. The van der Waals surface area contributed by atoms with Crippen LogP contribution in [0, 0.1) is 5.92 Å². The van der Waals surface area contributed by atoms with E-state index in [1.54, 1.807) is 0 Å². The Morgan fingerprint density at radius 1 is 1.28 bits per heavy atom. The van der Waals surface area contributed by atoms with Gasteiger partial charge in [-0.15, -0.1) is 0 Å². The normalized spacial score (nSPS) is 16.0. The number of hydrogen-bond donors (Lipinski definition) is 4. The van der Waals surface area contributed by atoms with Crippen LogP contribution in [0.2, 0.25) is 0 Å². The molecule has 5 N–H and O–H groups in total. The number of amides is 1. The minimum absolute atomic E-state index is 0.176. The zero-order chi connectivity index (χ0) is 14.6. The fraction of sp³-hybridized carbons (Fsp3) is 0.857. The summed E-state index contributed by atoms with van der Waals surface area (Å²) in [6, 6.07) is 0. The third-order valence-corrected chi connectivity index (χ3v) is 4.10. The van der Waals surface area contributed by atoms with Crippen molar-refractivity contribution in [1.29, 1.82) is 0 Å². The number of rotatable bonds is 7. The number of nitrogens with two attached hydrogens (primary N) is 1. The van der Waals surface area contributed by atoms with Gasteiger partial charge in [0.1, 0.15) is 0 Å². The highest BCUT2D eigenvalue weighted by Crippen LogP contribution is 2.00. The van der Waals surface area contributed by atoms with Gasteiger partial charge < -0.3 is 11.1 Å². The molecule has 9 nitrogen and oxygen atoms in total. The highest BCUT2D eigenvalue weighted by molar-refractivity contribution is 7.87. The number of hydrogen-bond acceptors (Lipinski definition) is 6. The first kappa shape index (κ1) is 17.2. The van der Waals surface area contributed by atoms with E-state index in [1.165, 1.54) is 6.92 Å². The molecule has 18 heavy (non-hydrogen) atoms. The highest BCUT2D eigenvalue weighted by Gasteiger charge is 2.29. The van der Waals surface area contributed by atoms with Crippen LogP contribution in [0.25, 0.3) is 0 Å². The molecule has 0 bridgehead atoms. The molecular formula is C7H16N2O7S2. The maximum atomic E-state index is 11.3. The van der Waals surface area contributed by atoms with Crippen LogP contribution in [0.3, 0.4) is 0 Å². The van der Waals surface area contributed by atoms with Crippen molar-refractivity contribution in [2.75, 3.05) is 18.8 Å². The van der Waals surface area contributed by atoms with Gasteiger partial charge in [-0.25, -0.2) is 0 Å². The summed E-state index contributed by atoms with van der Waals surface area (Å²) >= 11 is 0. The fourth-order valence-corrected chi connectivity index (χ4v) is 2.61. The van der Waals surface area contributed by atoms with Gasteiger partial charge >= 0.3 is 0 Å². The molecule has 0 aromatic rings. The molecule has 2 unspecified atom stereocenters. The predicted molar refractivity (Wildman–Crippen MR) is 63.0 cm³/mol. The predicted octanol–water partition coefficient (Wildman–Crippen LogP) is -2.16. The van der Waals surface area contributed by atoms with Crippen LogP contribution in [0.5, 0.6) is 0 Å². The zero-order valence-corrected chi connectivity index (χ0v) is 11.2.